The number of hydrogen-bond acceptors (Lipinski definition) is 5. The van der Waals surface area contributed by atoms with Crippen LogP contribution in [0.25, 0.3) is 12.2 Å². The van der Waals surface area contributed by atoms with Gasteiger partial charge in [0.15, 0.2) is 0 Å². The summed E-state index contributed by atoms with van der Waals surface area (Å²) in [6.45, 7) is 6.34. The Hall–Kier alpha value is -2.64. The van der Waals surface area contributed by atoms with Gasteiger partial charge in [-0.1, -0.05) is 12.1 Å². The molecule has 0 bridgehead atoms. The van der Waals surface area contributed by atoms with Crippen molar-refractivity contribution in [3.63, 3.8) is 0 Å². The molecule has 7 heteroatoms. The van der Waals surface area contributed by atoms with E-state index >= 15 is 0 Å². The predicted octanol–water partition coefficient (Wildman–Crippen LogP) is 5.21. The molecule has 29 heavy (non-hydrogen) atoms. The van der Waals surface area contributed by atoms with Crippen LogP contribution in [0.5, 0.6) is 5.75 Å². The van der Waals surface area contributed by atoms with E-state index in [9.17, 15) is 0 Å². The van der Waals surface area contributed by atoms with Crippen LogP contribution in [0.4, 0.5) is 0 Å². The van der Waals surface area contributed by atoms with E-state index in [1.54, 1.807) is 0 Å². The Kier molecular flexibility index (Phi) is 5.97. The average Bonchev–Trinajstić information content (AvgIpc) is 3.43. The largest absolute Gasteiger partial charge is 0.494 e. The lowest BCUT2D eigenvalue weighted by Gasteiger charge is -2.25. The highest BCUT2D eigenvalue weighted by Gasteiger charge is 2.26. The zero-order valence-electron chi connectivity index (χ0n) is 16.8. The maximum atomic E-state index is 5.56. The van der Waals surface area contributed by atoms with Gasteiger partial charge in [0.25, 0.3) is 0 Å². The number of aryl methyl sites for hydroxylation is 1. The van der Waals surface area contributed by atoms with Gasteiger partial charge in [-0.05, 0) is 80.9 Å². The summed E-state index contributed by atoms with van der Waals surface area (Å²) in [6.07, 6.45) is 6.09. The number of H-pyrrole nitrogens is 1. The van der Waals surface area contributed by atoms with Crippen LogP contribution in [-0.4, -0.2) is 32.8 Å². The molecule has 1 saturated heterocycles. The average molecular weight is 411 g/mol. The second kappa shape index (κ2) is 8.80. The summed E-state index contributed by atoms with van der Waals surface area (Å²) in [5.41, 5.74) is 1.31. The van der Waals surface area contributed by atoms with Gasteiger partial charge in [0.05, 0.1) is 13.3 Å². The third kappa shape index (κ3) is 4.68. The van der Waals surface area contributed by atoms with Crippen LogP contribution < -0.4 is 4.74 Å². The molecule has 0 amide bonds. The molecule has 0 radical (unpaired) electrons. The summed E-state index contributed by atoms with van der Waals surface area (Å²) >= 11 is 5.46. The van der Waals surface area contributed by atoms with Crippen LogP contribution in [0.3, 0.4) is 0 Å². The van der Waals surface area contributed by atoms with Crippen molar-refractivity contribution >= 4 is 24.4 Å². The van der Waals surface area contributed by atoms with Crippen molar-refractivity contribution in [1.82, 2.24) is 19.7 Å². The Morgan fingerprint density at radius 2 is 2.07 bits per heavy atom. The van der Waals surface area contributed by atoms with E-state index in [4.69, 9.17) is 21.4 Å². The predicted molar refractivity (Wildman–Crippen MR) is 116 cm³/mol. The minimum absolute atomic E-state index is 0.376. The van der Waals surface area contributed by atoms with Crippen LogP contribution in [0, 0.1) is 11.7 Å². The molecule has 1 atom stereocenters. The van der Waals surface area contributed by atoms with Crippen LogP contribution in [0.1, 0.15) is 48.7 Å². The van der Waals surface area contributed by atoms with E-state index in [2.05, 4.69) is 39.2 Å². The minimum Gasteiger partial charge on any atom is -0.494 e. The van der Waals surface area contributed by atoms with Gasteiger partial charge >= 0.3 is 0 Å². The van der Waals surface area contributed by atoms with E-state index < -0.39 is 0 Å². The number of likely N-dealkylation sites (tertiary alicyclic amines) is 1. The van der Waals surface area contributed by atoms with E-state index in [0.717, 1.165) is 36.1 Å². The Morgan fingerprint density at radius 1 is 1.24 bits per heavy atom. The first kappa shape index (κ1) is 19.7. The zero-order chi connectivity index (χ0) is 20.2. The SMILES string of the molecule is CCOc1ccc(C2CCCN2Cn2[nH]c(C=Cc3ccc(C)o3)nc2=S)cc1. The first-order valence-electron chi connectivity index (χ1n) is 10.0. The molecule has 2 aromatic heterocycles. The summed E-state index contributed by atoms with van der Waals surface area (Å²) < 4.78 is 13.6. The minimum atomic E-state index is 0.376. The topological polar surface area (TPSA) is 59.2 Å². The molecule has 3 heterocycles. The lowest BCUT2D eigenvalue weighted by Crippen LogP contribution is -2.26. The van der Waals surface area contributed by atoms with Crippen LogP contribution in [0.2, 0.25) is 0 Å². The van der Waals surface area contributed by atoms with Gasteiger partial charge in [0.1, 0.15) is 23.1 Å². The van der Waals surface area contributed by atoms with E-state index in [1.807, 2.05) is 42.8 Å². The third-order valence-corrected chi connectivity index (χ3v) is 5.44. The highest BCUT2D eigenvalue weighted by Crippen LogP contribution is 2.33. The summed E-state index contributed by atoms with van der Waals surface area (Å²) in [4.78, 5) is 6.89. The van der Waals surface area contributed by atoms with Gasteiger partial charge in [-0.25, -0.2) is 4.68 Å². The number of aromatic nitrogens is 3. The molecular weight excluding hydrogens is 384 g/mol. The van der Waals surface area contributed by atoms with E-state index in [1.165, 1.54) is 12.0 Å². The summed E-state index contributed by atoms with van der Waals surface area (Å²) in [5, 5.41) is 3.29. The van der Waals surface area contributed by atoms with Crippen molar-refractivity contribution in [2.24, 2.45) is 0 Å². The Labute approximate surface area is 175 Å². The fraction of sp³-hybridized carbons (Fsp3) is 0.364. The number of nitrogens with one attached hydrogen (secondary N) is 1. The third-order valence-electron chi connectivity index (χ3n) is 5.13. The van der Waals surface area contributed by atoms with Crippen molar-refractivity contribution < 1.29 is 9.15 Å². The van der Waals surface area contributed by atoms with Gasteiger partial charge in [0.2, 0.25) is 4.77 Å². The number of hydrogen-bond donors (Lipinski definition) is 1. The van der Waals surface area contributed by atoms with Gasteiger partial charge in [-0.3, -0.25) is 10.00 Å². The fourth-order valence-electron chi connectivity index (χ4n) is 3.76. The first-order valence-corrected chi connectivity index (χ1v) is 10.4. The monoisotopic (exact) mass is 410 g/mol. The molecule has 1 unspecified atom stereocenters. The molecule has 1 N–H and O–H groups in total. The number of furan rings is 1. The molecule has 4 rings (SSSR count). The number of rotatable bonds is 7. The maximum absolute atomic E-state index is 5.56. The molecule has 3 aromatic rings. The molecule has 0 saturated carbocycles. The van der Waals surface area contributed by atoms with E-state index in [-0.39, 0.29) is 0 Å². The highest BCUT2D eigenvalue weighted by molar-refractivity contribution is 7.71. The molecule has 0 aliphatic carbocycles. The first-order chi connectivity index (χ1) is 14.1. The lowest BCUT2D eigenvalue weighted by atomic mass is 10.0. The molecular formula is C22H26N4O2S. The Morgan fingerprint density at radius 3 is 2.79 bits per heavy atom. The van der Waals surface area contributed by atoms with Crippen LogP contribution in [0.15, 0.2) is 40.8 Å². The van der Waals surface area contributed by atoms with Gasteiger partial charge < -0.3 is 9.15 Å². The number of nitrogens with zero attached hydrogens (tertiary/aromatic N) is 3. The zero-order valence-corrected chi connectivity index (χ0v) is 17.6. The van der Waals surface area contributed by atoms with Gasteiger partial charge in [0, 0.05) is 12.6 Å². The maximum Gasteiger partial charge on any atom is 0.217 e. The summed E-state index contributed by atoms with van der Waals surface area (Å²) in [7, 11) is 0. The quantitative estimate of drug-likeness (QED) is 0.542. The standard InChI is InChI=1S/C22H26N4O2S/c1-3-27-18-10-7-17(8-11-18)20-5-4-14-25(20)15-26-22(29)23-21(24-26)13-12-19-9-6-16(2)28-19/h6-13,20H,3-5,14-15H2,1-2H3,(H,23,24,29). The van der Waals surface area contributed by atoms with Crippen molar-refractivity contribution in [2.75, 3.05) is 13.2 Å². The second-order valence-corrected chi connectivity index (χ2v) is 7.58. The molecule has 1 fully saturated rings. The van der Waals surface area contributed by atoms with Crippen molar-refractivity contribution in [2.45, 2.75) is 39.4 Å². The molecule has 1 aliphatic rings. The molecule has 1 aliphatic heterocycles. The molecule has 152 valence electrons. The summed E-state index contributed by atoms with van der Waals surface area (Å²) in [5.74, 6) is 3.32. The van der Waals surface area contributed by atoms with Gasteiger partial charge in [-0.15, -0.1) is 0 Å². The van der Waals surface area contributed by atoms with Crippen LogP contribution >= 0.6 is 12.2 Å². The Balaban J connectivity index is 1.46. The summed E-state index contributed by atoms with van der Waals surface area (Å²) in [6, 6.07) is 12.7. The lowest BCUT2D eigenvalue weighted by molar-refractivity contribution is 0.190. The molecule has 0 spiro atoms. The number of benzene rings is 1. The molecule has 6 nitrogen and oxygen atoms in total. The van der Waals surface area contributed by atoms with Crippen LogP contribution in [-0.2, 0) is 6.67 Å². The normalized spacial score (nSPS) is 17.4. The number of ether oxygens (including phenoxy) is 1. The van der Waals surface area contributed by atoms with Crippen molar-refractivity contribution in [3.8, 4) is 5.75 Å². The smallest absolute Gasteiger partial charge is 0.217 e. The fourth-order valence-corrected chi connectivity index (χ4v) is 3.96. The highest BCUT2D eigenvalue weighted by atomic mass is 32.1. The molecule has 1 aromatic carbocycles. The van der Waals surface area contributed by atoms with Gasteiger partial charge in [-0.2, -0.15) is 4.98 Å². The van der Waals surface area contributed by atoms with Crippen molar-refractivity contribution in [1.29, 1.82) is 0 Å². The second-order valence-electron chi connectivity index (χ2n) is 7.22. The Bertz CT molecular complexity index is 1030. The van der Waals surface area contributed by atoms with Crippen molar-refractivity contribution in [3.05, 3.63) is 64.1 Å². The number of aromatic amines is 1. The van der Waals surface area contributed by atoms with E-state index in [0.29, 0.717) is 24.1 Å².